The van der Waals surface area contributed by atoms with E-state index < -0.39 is 5.23 Å². The predicted octanol–water partition coefficient (Wildman–Crippen LogP) is 1.97. The molecule has 2 saturated heterocycles. The summed E-state index contributed by atoms with van der Waals surface area (Å²) in [4.78, 5) is 30.7. The van der Waals surface area contributed by atoms with Crippen molar-refractivity contribution in [2.24, 2.45) is 0 Å². The Labute approximate surface area is 266 Å². The first-order valence-corrected chi connectivity index (χ1v) is 15.2. The van der Waals surface area contributed by atoms with Gasteiger partial charge in [0.15, 0.2) is 5.82 Å². The summed E-state index contributed by atoms with van der Waals surface area (Å²) in [5.74, 6) is 1.15. The number of aromatic nitrogens is 2. The lowest BCUT2D eigenvalue weighted by Crippen LogP contribution is -2.99. The number of pyridine rings is 2. The summed E-state index contributed by atoms with van der Waals surface area (Å²) in [6.07, 6.45) is 0. The molecule has 1 amide bonds. The number of hydrogen-bond donors (Lipinski definition) is 4. The Kier molecular flexibility index (Phi) is 10.7. The minimum atomic E-state index is -1.12. The number of rotatable bonds is 11. The molecule has 1 aromatic carbocycles. The van der Waals surface area contributed by atoms with Crippen LogP contribution in [0.2, 0.25) is 10.0 Å². The van der Waals surface area contributed by atoms with Gasteiger partial charge in [0, 0.05) is 69.0 Å². The topological polar surface area (TPSA) is 151 Å². The van der Waals surface area contributed by atoms with E-state index in [0.717, 1.165) is 32.0 Å². The molecule has 0 saturated carbocycles. The minimum Gasteiger partial charge on any atom is -0.595 e. The fourth-order valence-corrected chi connectivity index (χ4v) is 5.76. The molecule has 2 aliphatic rings. The molecule has 0 spiro atoms. The first kappa shape index (κ1) is 32.1. The summed E-state index contributed by atoms with van der Waals surface area (Å²) in [7, 11) is 1.93. The van der Waals surface area contributed by atoms with Gasteiger partial charge in [0.2, 0.25) is 11.6 Å². The van der Waals surface area contributed by atoms with Gasteiger partial charge in [-0.05, 0) is 43.4 Å². The van der Waals surface area contributed by atoms with Crippen molar-refractivity contribution in [1.29, 1.82) is 0 Å². The average Bonchev–Trinajstić information content (AvgIpc) is 2.99. The summed E-state index contributed by atoms with van der Waals surface area (Å²) >= 11 is 12.9. The van der Waals surface area contributed by atoms with Crippen LogP contribution in [-0.2, 0) is 9.53 Å². The normalized spacial score (nSPS) is 17.1. The highest BCUT2D eigenvalue weighted by atomic mass is 35.5. The number of piperazine rings is 1. The molecule has 15 heteroatoms. The van der Waals surface area contributed by atoms with E-state index in [1.165, 1.54) is 6.07 Å². The van der Waals surface area contributed by atoms with Crippen LogP contribution in [0.15, 0.2) is 42.5 Å². The number of carbonyl (C=O) groups is 1. The maximum absolute atomic E-state index is 13.1. The van der Waals surface area contributed by atoms with Crippen molar-refractivity contribution in [3.8, 4) is 11.3 Å². The van der Waals surface area contributed by atoms with Crippen LogP contribution in [0.3, 0.4) is 0 Å². The lowest BCUT2D eigenvalue weighted by molar-refractivity contribution is -0.990. The van der Waals surface area contributed by atoms with Gasteiger partial charge in [0.25, 0.3) is 0 Å². The van der Waals surface area contributed by atoms with Crippen LogP contribution >= 0.6 is 23.2 Å². The molecule has 236 valence electrons. The minimum absolute atomic E-state index is 0.00583. The maximum atomic E-state index is 13.1. The van der Waals surface area contributed by atoms with Gasteiger partial charge in [-0.3, -0.25) is 14.6 Å². The monoisotopic (exact) mass is 645 g/mol. The van der Waals surface area contributed by atoms with Gasteiger partial charge >= 0.3 is 0 Å². The first-order valence-electron chi connectivity index (χ1n) is 14.4. The van der Waals surface area contributed by atoms with Crippen LogP contribution in [0, 0.1) is 5.21 Å². The van der Waals surface area contributed by atoms with Crippen LogP contribution in [0.5, 0.6) is 0 Å². The molecule has 0 radical (unpaired) electrons. The Balaban J connectivity index is 1.44. The van der Waals surface area contributed by atoms with E-state index in [0.29, 0.717) is 78.7 Å². The molecular formula is C29H37Cl2N9O4. The van der Waals surface area contributed by atoms with Gasteiger partial charge in [-0.2, -0.15) is 5.23 Å². The maximum Gasteiger partial charge on any atom is 0.241 e. The SMILES string of the molecule is CN1CCN(c2ccc(N(CCNc3ccc([NH+]([O-])O)c(N)n3)CCN3CCOCC3)nc2-c2ccc(Cl)cc2Cl)C(=O)C1. The Hall–Kier alpha value is -3.27. The number of amides is 1. The van der Waals surface area contributed by atoms with Gasteiger partial charge in [0.1, 0.15) is 11.6 Å². The fourth-order valence-electron chi connectivity index (χ4n) is 5.26. The number of nitrogens with zero attached hydrogens (tertiary/aromatic N) is 6. The zero-order valence-corrected chi connectivity index (χ0v) is 26.0. The number of morpholine rings is 1. The molecule has 1 unspecified atom stereocenters. The number of nitrogens with two attached hydrogens (primary N) is 1. The average molecular weight is 647 g/mol. The summed E-state index contributed by atoms with van der Waals surface area (Å²) in [5, 5.41) is 23.6. The van der Waals surface area contributed by atoms with Crippen molar-refractivity contribution in [2.45, 2.75) is 0 Å². The number of anilines is 4. The van der Waals surface area contributed by atoms with Crippen LogP contribution < -0.4 is 26.1 Å². The van der Waals surface area contributed by atoms with Gasteiger partial charge in [0.05, 0.1) is 36.2 Å². The highest BCUT2D eigenvalue weighted by Crippen LogP contribution is 2.37. The summed E-state index contributed by atoms with van der Waals surface area (Å²) < 4.78 is 5.52. The number of carbonyl (C=O) groups excluding carboxylic acids is 1. The number of ether oxygens (including phenoxy) is 1. The third-order valence-electron chi connectivity index (χ3n) is 7.70. The fraction of sp³-hybridized carbons (Fsp3) is 0.414. The molecule has 0 bridgehead atoms. The van der Waals surface area contributed by atoms with Crippen LogP contribution in [0.25, 0.3) is 11.3 Å². The number of nitrogens with one attached hydrogen (secondary N) is 2. The molecule has 2 aliphatic heterocycles. The molecule has 44 heavy (non-hydrogen) atoms. The van der Waals surface area contributed by atoms with Gasteiger partial charge < -0.3 is 30.8 Å². The van der Waals surface area contributed by atoms with Crippen molar-refractivity contribution < 1.29 is 20.0 Å². The van der Waals surface area contributed by atoms with Gasteiger partial charge in [-0.25, -0.2) is 15.2 Å². The van der Waals surface area contributed by atoms with Crippen LogP contribution in [0.4, 0.5) is 28.8 Å². The quantitative estimate of drug-likeness (QED) is 0.227. The van der Waals surface area contributed by atoms with E-state index in [1.54, 1.807) is 23.1 Å². The van der Waals surface area contributed by atoms with E-state index in [-0.39, 0.29) is 17.4 Å². The summed E-state index contributed by atoms with van der Waals surface area (Å²) in [6, 6.07) is 12.2. The predicted molar refractivity (Wildman–Crippen MR) is 172 cm³/mol. The van der Waals surface area contributed by atoms with Crippen molar-refractivity contribution >= 4 is 57.9 Å². The van der Waals surface area contributed by atoms with Crippen LogP contribution in [0.1, 0.15) is 0 Å². The first-order chi connectivity index (χ1) is 21.2. The molecule has 2 fully saturated rings. The van der Waals surface area contributed by atoms with E-state index in [2.05, 4.69) is 20.1 Å². The smallest absolute Gasteiger partial charge is 0.241 e. The van der Waals surface area contributed by atoms with E-state index >= 15 is 0 Å². The second-order valence-corrected chi connectivity index (χ2v) is 11.6. The second-order valence-electron chi connectivity index (χ2n) is 10.7. The Morgan fingerprint density at radius 3 is 2.59 bits per heavy atom. The van der Waals surface area contributed by atoms with Gasteiger partial charge in [-0.1, -0.05) is 23.2 Å². The summed E-state index contributed by atoms with van der Waals surface area (Å²) in [5.41, 5.74) is 7.78. The van der Waals surface area contributed by atoms with E-state index in [4.69, 9.17) is 38.7 Å². The molecule has 5 rings (SSSR count). The van der Waals surface area contributed by atoms with E-state index in [1.807, 2.05) is 30.1 Å². The van der Waals surface area contributed by atoms with Crippen LogP contribution in [-0.4, -0.2) is 110 Å². The van der Waals surface area contributed by atoms with Crippen molar-refractivity contribution in [2.75, 3.05) is 100 Å². The molecule has 0 aliphatic carbocycles. The number of likely N-dealkylation sites (N-methyl/N-ethyl adjacent to an activating group) is 1. The Morgan fingerprint density at radius 1 is 1.09 bits per heavy atom. The Morgan fingerprint density at radius 2 is 1.89 bits per heavy atom. The Bertz CT molecular complexity index is 1460. The zero-order valence-electron chi connectivity index (χ0n) is 24.5. The van der Waals surface area contributed by atoms with Gasteiger partial charge in [-0.15, -0.1) is 0 Å². The highest BCUT2D eigenvalue weighted by Gasteiger charge is 2.27. The standard InChI is InChI=1S/C29H37Cl2N9O4/c1-36-10-13-39(27(41)19-36)23-5-7-26(35-28(23)21-3-2-20(30)18-22(21)31)38(12-11-37-14-16-44-17-15-37)9-8-33-25-6-4-24(40(42)43)29(32)34-25/h2-7,18,40,42H,8-17,19H2,1H3,(H3,32,33,34). The number of nitrogen functional groups attached to an aromatic ring is 1. The highest BCUT2D eigenvalue weighted by molar-refractivity contribution is 6.36. The number of hydrogen-bond acceptors (Lipinski definition) is 11. The molecule has 2 aromatic heterocycles. The van der Waals surface area contributed by atoms with Crippen molar-refractivity contribution in [1.82, 2.24) is 19.8 Å². The van der Waals surface area contributed by atoms with E-state index in [9.17, 15) is 15.2 Å². The lowest BCUT2D eigenvalue weighted by atomic mass is 10.1. The zero-order chi connectivity index (χ0) is 31.2. The third-order valence-corrected chi connectivity index (χ3v) is 8.25. The summed E-state index contributed by atoms with van der Waals surface area (Å²) in [6.45, 7) is 7.24. The lowest BCUT2D eigenvalue weighted by Gasteiger charge is -2.34. The second kappa shape index (κ2) is 14.7. The molecular weight excluding hydrogens is 609 g/mol. The molecule has 3 aromatic rings. The molecule has 4 heterocycles. The number of halogens is 2. The largest absolute Gasteiger partial charge is 0.595 e. The molecule has 5 N–H and O–H groups in total. The number of benzene rings is 1. The molecule has 13 nitrogen and oxygen atoms in total. The molecule has 1 atom stereocenters. The third kappa shape index (κ3) is 7.86. The van der Waals surface area contributed by atoms with Crippen molar-refractivity contribution in [3.63, 3.8) is 0 Å². The number of quaternary nitrogens is 1. The van der Waals surface area contributed by atoms with Crippen molar-refractivity contribution in [3.05, 3.63) is 57.7 Å².